The Morgan fingerprint density at radius 3 is 2.21 bits per heavy atom. The second-order valence-electron chi connectivity index (χ2n) is 6.44. The van der Waals surface area contributed by atoms with Crippen molar-refractivity contribution in [3.8, 4) is 0 Å². The van der Waals surface area contributed by atoms with Crippen molar-refractivity contribution in [2.45, 2.75) is 39.7 Å². The first kappa shape index (κ1) is 27.5. The molecule has 1 heterocycles. The summed E-state index contributed by atoms with van der Waals surface area (Å²) in [6.07, 6.45) is 7.06. The number of carboxylic acid groups (broad SMARTS) is 1. The first-order valence-corrected chi connectivity index (χ1v) is 11.9. The van der Waals surface area contributed by atoms with Crippen molar-refractivity contribution in [3.63, 3.8) is 0 Å². The second kappa shape index (κ2) is 14.5. The summed E-state index contributed by atoms with van der Waals surface area (Å²) in [6, 6.07) is 7.50. The number of carboxylic acids is 1. The van der Waals surface area contributed by atoms with Crippen LogP contribution < -0.4 is 5.32 Å². The number of rotatable bonds is 9. The third-order valence-corrected chi connectivity index (χ3v) is 8.74. The van der Waals surface area contributed by atoms with Gasteiger partial charge in [0.1, 0.15) is 0 Å². The van der Waals surface area contributed by atoms with E-state index in [1.54, 1.807) is 30.3 Å². The summed E-state index contributed by atoms with van der Waals surface area (Å²) in [5.41, 5.74) is 1.13. The molecule has 0 unspecified atom stereocenters. The molecule has 0 saturated carbocycles. The van der Waals surface area contributed by atoms with Crippen LogP contribution >= 0.6 is 7.26 Å². The largest absolute Gasteiger partial charge is 0.479 e. The van der Waals surface area contributed by atoms with Gasteiger partial charge < -0.3 is 26.8 Å². The molecular weight excluding hydrogens is 572 g/mol. The molecule has 1 aromatic heterocycles. The molecule has 0 bridgehead atoms. The summed E-state index contributed by atoms with van der Waals surface area (Å²) in [5.74, 6) is -1.46. The Balaban J connectivity index is 0.000000747. The number of carbonyl (C=O) groups excluding carboxylic acids is 1. The van der Waals surface area contributed by atoms with Crippen LogP contribution in [-0.2, 0) is 38.4 Å². The van der Waals surface area contributed by atoms with Gasteiger partial charge >= 0.3 is 5.97 Å². The van der Waals surface area contributed by atoms with E-state index in [1.165, 1.54) is 18.5 Å². The molecule has 3 N–H and O–H groups in total. The number of aromatic amines is 1. The minimum Gasteiger partial charge on any atom is -0.479 e. The number of aromatic nitrogens is 3. The van der Waals surface area contributed by atoms with Crippen LogP contribution in [0.25, 0.3) is 0 Å². The van der Waals surface area contributed by atoms with Crippen LogP contribution in [0.4, 0.5) is 0 Å². The first-order valence-electron chi connectivity index (χ1n) is 9.40. The van der Waals surface area contributed by atoms with E-state index in [4.69, 9.17) is 0 Å². The van der Waals surface area contributed by atoms with Gasteiger partial charge in [0.05, 0.1) is 0 Å². The zero-order chi connectivity index (χ0) is 21.0. The SMILES string of the molecule is O=C(CCc1[c-]nn[nH]1)N[C@@H](C(=O)O)c1ccccc1.[Au].[CH2-][P+](CC)(CC)CC. The number of amides is 1. The molecule has 0 aliphatic carbocycles. The van der Waals surface area contributed by atoms with Gasteiger partial charge in [-0.25, -0.2) is 4.79 Å². The molecule has 1 aromatic carbocycles. The summed E-state index contributed by atoms with van der Waals surface area (Å²) >= 11 is 0. The molecule has 1 radical (unpaired) electrons. The smallest absolute Gasteiger partial charge is 0.330 e. The van der Waals surface area contributed by atoms with Gasteiger partial charge in [0, 0.05) is 47.3 Å². The molecule has 165 valence electrons. The molecule has 0 spiro atoms. The van der Waals surface area contributed by atoms with Gasteiger partial charge in [-0.1, -0.05) is 30.3 Å². The van der Waals surface area contributed by atoms with E-state index in [-0.39, 0.29) is 34.7 Å². The van der Waals surface area contributed by atoms with Crippen LogP contribution in [-0.4, -0.2) is 50.9 Å². The molecule has 2 aromatic rings. The van der Waals surface area contributed by atoms with Crippen molar-refractivity contribution >= 4 is 19.1 Å². The fourth-order valence-electron chi connectivity index (χ4n) is 2.38. The van der Waals surface area contributed by atoms with Gasteiger partial charge in [-0.2, -0.15) is 6.66 Å². The van der Waals surface area contributed by atoms with Gasteiger partial charge in [-0.15, -0.1) is 18.2 Å². The van der Waals surface area contributed by atoms with E-state index in [0.717, 1.165) is 0 Å². The zero-order valence-electron chi connectivity index (χ0n) is 17.1. The predicted molar refractivity (Wildman–Crippen MR) is 112 cm³/mol. The fourth-order valence-corrected chi connectivity index (χ4v) is 3.72. The maximum absolute atomic E-state index is 11.8. The van der Waals surface area contributed by atoms with Crippen molar-refractivity contribution in [3.05, 3.63) is 54.5 Å². The molecule has 0 fully saturated rings. The van der Waals surface area contributed by atoms with E-state index >= 15 is 0 Å². The number of benzene rings is 1. The number of nitrogens with zero attached hydrogens (tertiary/aromatic N) is 2. The molecular formula is C20H30AuN4O3P-. The molecule has 29 heavy (non-hydrogen) atoms. The van der Waals surface area contributed by atoms with E-state index in [2.05, 4.69) is 54.4 Å². The average Bonchev–Trinajstić information content (AvgIpc) is 3.24. The maximum Gasteiger partial charge on any atom is 0.330 e. The van der Waals surface area contributed by atoms with E-state index in [9.17, 15) is 14.7 Å². The minimum atomic E-state index is -1.10. The summed E-state index contributed by atoms with van der Waals surface area (Å²) in [7, 11) is -0.662. The zero-order valence-corrected chi connectivity index (χ0v) is 20.2. The predicted octanol–water partition coefficient (Wildman–Crippen LogP) is 3.33. The molecule has 0 aliphatic heterocycles. The first-order chi connectivity index (χ1) is 13.3. The standard InChI is InChI=1S/C13H13N4O3.C7H17P.Au/c18-11(7-6-10-8-14-17-16-10)15-12(13(19)20)9-4-2-1-3-5-9;1-5-8(4,6-2)7-3;/h1-5,12H,6-7H2,(H,15,18)(H,19,20)(H,14,16,17);4-7H2,1-3H3;/q-1;;/t12-;;/m1../s1. The molecule has 0 aliphatic rings. The summed E-state index contributed by atoms with van der Waals surface area (Å²) in [5, 5.41) is 21.2. The van der Waals surface area contributed by atoms with E-state index in [0.29, 0.717) is 17.7 Å². The summed E-state index contributed by atoms with van der Waals surface area (Å²) in [4.78, 5) is 23.0. The number of hydrogen-bond acceptors (Lipinski definition) is 4. The van der Waals surface area contributed by atoms with Crippen molar-refractivity contribution in [2.24, 2.45) is 0 Å². The van der Waals surface area contributed by atoms with E-state index < -0.39 is 19.3 Å². The molecule has 0 saturated heterocycles. The maximum atomic E-state index is 11.8. The average molecular weight is 602 g/mol. The van der Waals surface area contributed by atoms with Crippen LogP contribution in [0.15, 0.2) is 30.3 Å². The summed E-state index contributed by atoms with van der Waals surface area (Å²) < 4.78 is 0. The Bertz CT molecular complexity index is 702. The van der Waals surface area contributed by atoms with Crippen molar-refractivity contribution in [1.82, 2.24) is 20.7 Å². The van der Waals surface area contributed by atoms with E-state index in [1.807, 2.05) is 0 Å². The third-order valence-electron chi connectivity index (χ3n) is 4.72. The molecule has 1 atom stereocenters. The van der Waals surface area contributed by atoms with Crippen LogP contribution in [0, 0.1) is 12.9 Å². The Kier molecular flexibility index (Phi) is 13.7. The normalized spacial score (nSPS) is 11.4. The topological polar surface area (TPSA) is 108 Å². The van der Waals surface area contributed by atoms with Crippen LogP contribution in [0.1, 0.15) is 44.5 Å². The summed E-state index contributed by atoms with van der Waals surface area (Å²) in [6.45, 7) is 11.0. The van der Waals surface area contributed by atoms with Crippen molar-refractivity contribution in [1.29, 1.82) is 0 Å². The number of aryl methyl sites for hydroxylation is 1. The monoisotopic (exact) mass is 602 g/mol. The van der Waals surface area contributed by atoms with Gasteiger partial charge in [0.15, 0.2) is 6.04 Å². The molecule has 2 rings (SSSR count). The minimum absolute atomic E-state index is 0. The quantitative estimate of drug-likeness (QED) is 0.232. The molecule has 7 nitrogen and oxygen atoms in total. The van der Waals surface area contributed by atoms with Crippen molar-refractivity contribution in [2.75, 3.05) is 18.5 Å². The Morgan fingerprint density at radius 2 is 1.79 bits per heavy atom. The third kappa shape index (κ3) is 10.2. The number of hydrogen-bond donors (Lipinski definition) is 3. The van der Waals surface area contributed by atoms with Crippen LogP contribution in [0.3, 0.4) is 0 Å². The number of nitrogens with one attached hydrogen (secondary N) is 2. The van der Waals surface area contributed by atoms with Crippen LogP contribution in [0.2, 0.25) is 0 Å². The van der Waals surface area contributed by atoms with Gasteiger partial charge in [0.2, 0.25) is 5.91 Å². The Hall–Kier alpha value is -1.53. The second-order valence-corrected chi connectivity index (χ2v) is 11.0. The fraction of sp³-hybridized carbons (Fsp3) is 0.450. The number of H-pyrrole nitrogens is 1. The number of aliphatic carboxylic acids is 1. The van der Waals surface area contributed by atoms with Crippen LogP contribution in [0.5, 0.6) is 0 Å². The van der Waals surface area contributed by atoms with Gasteiger partial charge in [-0.05, 0) is 32.8 Å². The molecule has 9 heteroatoms. The Labute approximate surface area is 189 Å². The Morgan fingerprint density at radius 1 is 1.21 bits per heavy atom. The van der Waals surface area contributed by atoms with Gasteiger partial charge in [0.25, 0.3) is 0 Å². The molecule has 1 amide bonds. The van der Waals surface area contributed by atoms with Gasteiger partial charge in [-0.3, -0.25) is 4.79 Å². The van der Waals surface area contributed by atoms with Crippen molar-refractivity contribution < 1.29 is 37.1 Å². The number of carbonyl (C=O) groups is 2.